The van der Waals surface area contributed by atoms with Gasteiger partial charge in [-0.05, 0) is 19.9 Å². The predicted octanol–water partition coefficient (Wildman–Crippen LogP) is 2.39. The Labute approximate surface area is 90.1 Å². The largest absolute Gasteiger partial charge is 0.316 e. The summed E-state index contributed by atoms with van der Waals surface area (Å²) in [5, 5.41) is 4.23. The first kappa shape index (κ1) is 11.5. The van der Waals surface area contributed by atoms with E-state index in [0.717, 1.165) is 11.7 Å². The highest BCUT2D eigenvalue weighted by Gasteiger charge is 2.22. The van der Waals surface area contributed by atoms with E-state index in [1.54, 1.807) is 0 Å². The van der Waals surface area contributed by atoms with E-state index >= 15 is 0 Å². The van der Waals surface area contributed by atoms with Crippen LogP contribution in [0.4, 0.5) is 0 Å². The van der Waals surface area contributed by atoms with Gasteiger partial charge in [0.25, 0.3) is 0 Å². The zero-order valence-corrected chi connectivity index (χ0v) is 9.92. The molecule has 13 heavy (non-hydrogen) atoms. The van der Waals surface area contributed by atoms with Gasteiger partial charge in [-0.3, -0.25) is 0 Å². The highest BCUT2D eigenvalue weighted by molar-refractivity contribution is 8.06. The van der Waals surface area contributed by atoms with E-state index in [2.05, 4.69) is 42.5 Å². The van der Waals surface area contributed by atoms with Gasteiger partial charge in [0.1, 0.15) is 0 Å². The van der Waals surface area contributed by atoms with Crippen LogP contribution in [0.5, 0.6) is 0 Å². The molecule has 1 fully saturated rings. The predicted molar refractivity (Wildman–Crippen MR) is 65.8 cm³/mol. The number of hydrogen-bond acceptors (Lipinski definition) is 3. The molecule has 3 heteroatoms. The normalized spacial score (nSPS) is 25.5. The summed E-state index contributed by atoms with van der Waals surface area (Å²) in [6.45, 7) is 3.77. The van der Waals surface area contributed by atoms with Gasteiger partial charge in [0.05, 0.1) is 0 Å². The molecule has 0 saturated carbocycles. The van der Waals surface area contributed by atoms with Crippen LogP contribution >= 0.6 is 23.5 Å². The minimum Gasteiger partial charge on any atom is -0.316 e. The summed E-state index contributed by atoms with van der Waals surface area (Å²) in [4.78, 5) is 0. The van der Waals surface area contributed by atoms with Crippen molar-refractivity contribution in [2.45, 2.75) is 24.1 Å². The highest BCUT2D eigenvalue weighted by Crippen LogP contribution is 2.27. The third kappa shape index (κ3) is 3.96. The molecule has 0 bridgehead atoms. The maximum atomic E-state index is 3.77. The fourth-order valence-corrected chi connectivity index (χ4v) is 4.52. The van der Waals surface area contributed by atoms with Gasteiger partial charge in [-0.1, -0.05) is 6.08 Å². The van der Waals surface area contributed by atoms with Crippen molar-refractivity contribution in [3.05, 3.63) is 12.7 Å². The van der Waals surface area contributed by atoms with Gasteiger partial charge >= 0.3 is 0 Å². The van der Waals surface area contributed by atoms with E-state index in [4.69, 9.17) is 0 Å². The second-order valence-electron chi connectivity index (χ2n) is 3.25. The van der Waals surface area contributed by atoms with E-state index in [0.29, 0.717) is 6.04 Å². The summed E-state index contributed by atoms with van der Waals surface area (Å²) >= 11 is 4.22. The van der Waals surface area contributed by atoms with Crippen LogP contribution in [0.1, 0.15) is 12.8 Å². The summed E-state index contributed by atoms with van der Waals surface area (Å²) in [7, 11) is 2.08. The van der Waals surface area contributed by atoms with Crippen LogP contribution in [0.15, 0.2) is 12.7 Å². The highest BCUT2D eigenvalue weighted by atomic mass is 32.2. The van der Waals surface area contributed by atoms with Gasteiger partial charge < -0.3 is 5.32 Å². The van der Waals surface area contributed by atoms with Crippen molar-refractivity contribution in [1.29, 1.82) is 0 Å². The van der Waals surface area contributed by atoms with E-state index in [1.165, 1.54) is 23.7 Å². The molecule has 1 nitrogen and oxygen atoms in total. The van der Waals surface area contributed by atoms with Crippen molar-refractivity contribution in [2.75, 3.05) is 24.3 Å². The average Bonchev–Trinajstić information content (AvgIpc) is 2.21. The average molecular weight is 217 g/mol. The third-order valence-electron chi connectivity index (χ3n) is 2.34. The van der Waals surface area contributed by atoms with Gasteiger partial charge in [0.2, 0.25) is 0 Å². The molecule has 1 aliphatic heterocycles. The van der Waals surface area contributed by atoms with E-state index in [-0.39, 0.29) is 0 Å². The molecule has 2 atom stereocenters. The molecular weight excluding hydrogens is 198 g/mol. The molecule has 0 radical (unpaired) electrons. The van der Waals surface area contributed by atoms with Crippen molar-refractivity contribution < 1.29 is 0 Å². The molecule has 0 spiro atoms. The Morgan fingerprint density at radius 2 is 2.46 bits per heavy atom. The van der Waals surface area contributed by atoms with Crippen molar-refractivity contribution >= 4 is 23.5 Å². The van der Waals surface area contributed by atoms with Gasteiger partial charge in [-0.15, -0.1) is 6.58 Å². The minimum atomic E-state index is 0.677. The molecule has 0 aromatic carbocycles. The maximum absolute atomic E-state index is 3.77. The molecule has 76 valence electrons. The first-order chi connectivity index (χ1) is 6.38. The molecule has 1 saturated heterocycles. The molecule has 0 aliphatic carbocycles. The number of allylic oxidation sites excluding steroid dienone is 1. The van der Waals surface area contributed by atoms with Gasteiger partial charge in [-0.25, -0.2) is 0 Å². The molecule has 1 heterocycles. The molecule has 0 amide bonds. The Balaban J connectivity index is 2.29. The zero-order valence-electron chi connectivity index (χ0n) is 8.29. The third-order valence-corrected chi connectivity index (χ3v) is 5.26. The van der Waals surface area contributed by atoms with Crippen LogP contribution in [-0.2, 0) is 0 Å². The fourth-order valence-electron chi connectivity index (χ4n) is 1.55. The second kappa shape index (κ2) is 6.80. The lowest BCUT2D eigenvalue weighted by atomic mass is 10.1. The number of thioether (sulfide) groups is 2. The Morgan fingerprint density at radius 1 is 1.62 bits per heavy atom. The maximum Gasteiger partial charge on any atom is 0.0291 e. The summed E-state index contributed by atoms with van der Waals surface area (Å²) in [6.07, 6.45) is 4.39. The van der Waals surface area contributed by atoms with Crippen LogP contribution < -0.4 is 5.32 Å². The van der Waals surface area contributed by atoms with Crippen LogP contribution in [0, 0.1) is 0 Å². The van der Waals surface area contributed by atoms with Crippen molar-refractivity contribution in [3.8, 4) is 0 Å². The molecule has 0 aromatic heterocycles. The van der Waals surface area contributed by atoms with Crippen molar-refractivity contribution in [2.24, 2.45) is 0 Å². The van der Waals surface area contributed by atoms with Crippen LogP contribution in [0.3, 0.4) is 0 Å². The molecular formula is C10H19NS2. The van der Waals surface area contributed by atoms with Gasteiger partial charge in [0, 0.05) is 28.6 Å². The van der Waals surface area contributed by atoms with E-state index in [9.17, 15) is 0 Å². The van der Waals surface area contributed by atoms with Crippen molar-refractivity contribution in [1.82, 2.24) is 5.32 Å². The second-order valence-corrected chi connectivity index (χ2v) is 5.74. The Kier molecular flexibility index (Phi) is 6.00. The summed E-state index contributed by atoms with van der Waals surface area (Å²) < 4.78 is 0. The SMILES string of the molecule is C=CCCC(NC)C1CSCCS1. The summed E-state index contributed by atoms with van der Waals surface area (Å²) in [6, 6.07) is 0.677. The lowest BCUT2D eigenvalue weighted by Crippen LogP contribution is -2.38. The molecule has 1 N–H and O–H groups in total. The molecule has 1 aliphatic rings. The first-order valence-electron chi connectivity index (χ1n) is 4.86. The summed E-state index contributed by atoms with van der Waals surface area (Å²) in [5.41, 5.74) is 0. The monoisotopic (exact) mass is 217 g/mol. The van der Waals surface area contributed by atoms with Gasteiger partial charge in [0.15, 0.2) is 0 Å². The minimum absolute atomic E-state index is 0.677. The van der Waals surface area contributed by atoms with E-state index < -0.39 is 0 Å². The fraction of sp³-hybridized carbons (Fsp3) is 0.800. The molecule has 1 rings (SSSR count). The lowest BCUT2D eigenvalue weighted by molar-refractivity contribution is 0.526. The quantitative estimate of drug-likeness (QED) is 0.710. The first-order valence-corrected chi connectivity index (χ1v) is 7.06. The lowest BCUT2D eigenvalue weighted by Gasteiger charge is -2.29. The topological polar surface area (TPSA) is 12.0 Å². The Morgan fingerprint density at radius 3 is 3.00 bits per heavy atom. The number of hydrogen-bond donors (Lipinski definition) is 1. The van der Waals surface area contributed by atoms with Gasteiger partial charge in [-0.2, -0.15) is 23.5 Å². The summed E-state index contributed by atoms with van der Waals surface area (Å²) in [5.74, 6) is 3.97. The van der Waals surface area contributed by atoms with Crippen LogP contribution in [-0.4, -0.2) is 35.6 Å². The van der Waals surface area contributed by atoms with Crippen LogP contribution in [0.25, 0.3) is 0 Å². The molecule has 2 unspecified atom stereocenters. The zero-order chi connectivity index (χ0) is 9.52. The standard InChI is InChI=1S/C10H19NS2/c1-3-4-5-9(11-2)10-8-12-6-7-13-10/h3,9-11H,1,4-8H2,2H3. The number of rotatable bonds is 5. The number of nitrogens with one attached hydrogen (secondary N) is 1. The van der Waals surface area contributed by atoms with E-state index in [1.807, 2.05) is 6.08 Å². The van der Waals surface area contributed by atoms with Crippen LogP contribution in [0.2, 0.25) is 0 Å². The smallest absolute Gasteiger partial charge is 0.0291 e. The Bertz CT molecular complexity index is 144. The Hall–Kier alpha value is 0.400. The molecule has 0 aromatic rings. The van der Waals surface area contributed by atoms with Crippen molar-refractivity contribution in [3.63, 3.8) is 0 Å².